The first-order valence-corrected chi connectivity index (χ1v) is 9.53. The van der Waals surface area contributed by atoms with Gasteiger partial charge in [0.2, 0.25) is 0 Å². The molecule has 8 heteroatoms. The summed E-state index contributed by atoms with van der Waals surface area (Å²) in [7, 11) is 1.92. The summed E-state index contributed by atoms with van der Waals surface area (Å²) in [6.45, 7) is 4.50. The molecule has 0 aliphatic carbocycles. The molecule has 148 valence electrons. The lowest BCUT2D eigenvalue weighted by atomic mass is 10.2. The summed E-state index contributed by atoms with van der Waals surface area (Å²) < 4.78 is 13.3. The van der Waals surface area contributed by atoms with E-state index in [0.717, 1.165) is 29.4 Å². The van der Waals surface area contributed by atoms with Crippen molar-refractivity contribution in [3.63, 3.8) is 0 Å². The zero-order chi connectivity index (χ0) is 18.8. The second kappa shape index (κ2) is 12.7. The Morgan fingerprint density at radius 3 is 2.74 bits per heavy atom. The molecule has 0 spiro atoms. The number of thiophene rings is 1. The number of nitrogens with one attached hydrogen (secondary N) is 2. The fraction of sp³-hybridized carbons (Fsp3) is 0.368. The van der Waals surface area contributed by atoms with Gasteiger partial charge in [-0.2, -0.15) is 0 Å². The Balaban J connectivity index is 0.00000364. The van der Waals surface area contributed by atoms with Gasteiger partial charge in [0, 0.05) is 33.2 Å². The van der Waals surface area contributed by atoms with Gasteiger partial charge in [-0.25, -0.2) is 4.39 Å². The highest BCUT2D eigenvalue weighted by atomic mass is 127. The maximum Gasteiger partial charge on any atom is 0.261 e. The highest BCUT2D eigenvalue weighted by Crippen LogP contribution is 2.08. The molecule has 0 unspecified atom stereocenters. The van der Waals surface area contributed by atoms with Gasteiger partial charge in [0.05, 0.1) is 4.88 Å². The van der Waals surface area contributed by atoms with Crippen LogP contribution in [-0.4, -0.2) is 43.4 Å². The smallest absolute Gasteiger partial charge is 0.261 e. The summed E-state index contributed by atoms with van der Waals surface area (Å²) in [6, 6.07) is 10.2. The maximum absolute atomic E-state index is 13.3. The molecule has 5 nitrogen and oxygen atoms in total. The number of hydrogen-bond acceptors (Lipinski definition) is 3. The lowest BCUT2D eigenvalue weighted by Crippen LogP contribution is -2.38. The maximum atomic E-state index is 13.3. The molecule has 0 saturated heterocycles. The van der Waals surface area contributed by atoms with Crippen LogP contribution >= 0.6 is 35.3 Å². The van der Waals surface area contributed by atoms with E-state index in [1.807, 2.05) is 42.5 Å². The average Bonchev–Trinajstić information content (AvgIpc) is 3.15. The molecule has 0 aliphatic rings. The van der Waals surface area contributed by atoms with Gasteiger partial charge in [-0.15, -0.1) is 35.3 Å². The fourth-order valence-corrected chi connectivity index (χ4v) is 3.05. The predicted octanol–water partition coefficient (Wildman–Crippen LogP) is 3.72. The molecule has 0 radical (unpaired) electrons. The van der Waals surface area contributed by atoms with Crippen LogP contribution in [0, 0.1) is 5.82 Å². The molecule has 27 heavy (non-hydrogen) atoms. The van der Waals surface area contributed by atoms with Crippen molar-refractivity contribution in [2.75, 3.05) is 26.7 Å². The Morgan fingerprint density at radius 2 is 2.07 bits per heavy atom. The van der Waals surface area contributed by atoms with E-state index in [0.29, 0.717) is 19.6 Å². The van der Waals surface area contributed by atoms with E-state index in [4.69, 9.17) is 0 Å². The lowest BCUT2D eigenvalue weighted by molar-refractivity contribution is 0.0957. The van der Waals surface area contributed by atoms with Crippen molar-refractivity contribution in [1.29, 1.82) is 0 Å². The number of carbonyl (C=O) groups excluding carboxylic acids is 1. The van der Waals surface area contributed by atoms with Crippen LogP contribution in [-0.2, 0) is 6.54 Å². The molecule has 0 aliphatic heterocycles. The van der Waals surface area contributed by atoms with Gasteiger partial charge in [-0.1, -0.05) is 18.2 Å². The zero-order valence-corrected chi connectivity index (χ0v) is 18.7. The zero-order valence-electron chi connectivity index (χ0n) is 15.6. The van der Waals surface area contributed by atoms with Crippen LogP contribution in [0.3, 0.4) is 0 Å². The second-order valence-corrected chi connectivity index (χ2v) is 6.76. The molecule has 1 aromatic heterocycles. The van der Waals surface area contributed by atoms with Crippen LogP contribution in [0.15, 0.2) is 46.8 Å². The third-order valence-electron chi connectivity index (χ3n) is 3.63. The van der Waals surface area contributed by atoms with Gasteiger partial charge in [-0.05, 0) is 42.5 Å². The van der Waals surface area contributed by atoms with E-state index in [9.17, 15) is 9.18 Å². The molecule has 1 aromatic carbocycles. The van der Waals surface area contributed by atoms with E-state index in [-0.39, 0.29) is 35.7 Å². The van der Waals surface area contributed by atoms with E-state index in [2.05, 4.69) is 15.6 Å². The third kappa shape index (κ3) is 8.25. The largest absolute Gasteiger partial charge is 0.357 e. The van der Waals surface area contributed by atoms with Gasteiger partial charge in [-0.3, -0.25) is 9.79 Å². The molecule has 0 fully saturated rings. The fourth-order valence-electron chi connectivity index (χ4n) is 2.41. The van der Waals surface area contributed by atoms with Crippen molar-refractivity contribution in [1.82, 2.24) is 15.5 Å². The second-order valence-electron chi connectivity index (χ2n) is 5.81. The lowest BCUT2D eigenvalue weighted by Gasteiger charge is -2.22. The van der Waals surface area contributed by atoms with Crippen LogP contribution in [0.2, 0.25) is 0 Å². The topological polar surface area (TPSA) is 56.7 Å². The first-order valence-electron chi connectivity index (χ1n) is 8.65. The molecule has 1 heterocycles. The molecule has 0 bridgehead atoms. The van der Waals surface area contributed by atoms with Gasteiger partial charge in [0.1, 0.15) is 5.82 Å². The molecule has 2 N–H and O–H groups in total. The Kier molecular flexibility index (Phi) is 11.0. The summed E-state index contributed by atoms with van der Waals surface area (Å²) in [5.41, 5.74) is 0.890. The summed E-state index contributed by atoms with van der Waals surface area (Å²) in [5.74, 6) is 0.486. The van der Waals surface area contributed by atoms with Gasteiger partial charge >= 0.3 is 0 Å². The predicted molar refractivity (Wildman–Crippen MR) is 121 cm³/mol. The third-order valence-corrected chi connectivity index (χ3v) is 4.50. The average molecular weight is 504 g/mol. The monoisotopic (exact) mass is 504 g/mol. The van der Waals surface area contributed by atoms with Crippen molar-refractivity contribution in [2.45, 2.75) is 19.9 Å². The number of nitrogens with zero attached hydrogens (tertiary/aromatic N) is 2. The minimum Gasteiger partial charge on any atom is -0.357 e. The quantitative estimate of drug-likeness (QED) is 0.250. The molecule has 2 aromatic rings. The van der Waals surface area contributed by atoms with Crippen LogP contribution in [0.1, 0.15) is 28.6 Å². The Hall–Kier alpha value is -1.68. The van der Waals surface area contributed by atoms with Crippen LogP contribution in [0.4, 0.5) is 4.39 Å². The van der Waals surface area contributed by atoms with Crippen molar-refractivity contribution in [3.05, 3.63) is 58.0 Å². The molecular weight excluding hydrogens is 478 g/mol. The first-order chi connectivity index (χ1) is 12.6. The molecule has 0 atom stereocenters. The van der Waals surface area contributed by atoms with E-state index < -0.39 is 0 Å². The summed E-state index contributed by atoms with van der Waals surface area (Å²) in [4.78, 5) is 19.1. The van der Waals surface area contributed by atoms with Gasteiger partial charge < -0.3 is 15.5 Å². The van der Waals surface area contributed by atoms with Crippen molar-refractivity contribution in [3.8, 4) is 0 Å². The Labute approximate surface area is 181 Å². The highest BCUT2D eigenvalue weighted by Gasteiger charge is 2.07. The van der Waals surface area contributed by atoms with Crippen molar-refractivity contribution >= 4 is 47.2 Å². The van der Waals surface area contributed by atoms with Crippen LogP contribution in [0.25, 0.3) is 0 Å². The summed E-state index contributed by atoms with van der Waals surface area (Å²) >= 11 is 1.43. The van der Waals surface area contributed by atoms with Crippen molar-refractivity contribution in [2.24, 2.45) is 4.99 Å². The molecular formula is C19H26FIN4OS. The SMILES string of the molecule is CCNC(=NCCCNC(=O)c1cccs1)N(C)Cc1cccc(F)c1.I. The summed E-state index contributed by atoms with van der Waals surface area (Å²) in [5, 5.41) is 8.01. The molecule has 2 rings (SSSR count). The minimum atomic E-state index is -0.237. The number of rotatable bonds is 8. The van der Waals surface area contributed by atoms with E-state index in [1.165, 1.54) is 23.5 Å². The van der Waals surface area contributed by atoms with E-state index >= 15 is 0 Å². The number of hydrogen-bond donors (Lipinski definition) is 2. The van der Waals surface area contributed by atoms with E-state index in [1.54, 1.807) is 6.07 Å². The van der Waals surface area contributed by atoms with Gasteiger partial charge in [0.25, 0.3) is 5.91 Å². The number of guanidine groups is 1. The number of amides is 1. The molecule has 0 saturated carbocycles. The van der Waals surface area contributed by atoms with Crippen molar-refractivity contribution < 1.29 is 9.18 Å². The summed E-state index contributed by atoms with van der Waals surface area (Å²) in [6.07, 6.45) is 0.750. The highest BCUT2D eigenvalue weighted by molar-refractivity contribution is 14.0. The Bertz CT molecular complexity index is 724. The molecule has 1 amide bonds. The standard InChI is InChI=1S/C19H25FN4OS.HI/c1-3-21-19(24(2)14-15-7-4-8-16(20)13-15)23-11-6-10-22-18(25)17-9-5-12-26-17;/h4-5,7-9,12-13H,3,6,10-11,14H2,1-2H3,(H,21,23)(H,22,25);1H. The van der Waals surface area contributed by atoms with Crippen LogP contribution in [0.5, 0.6) is 0 Å². The first kappa shape index (κ1) is 23.4. The Morgan fingerprint density at radius 1 is 1.26 bits per heavy atom. The number of aliphatic imine (C=N–C) groups is 1. The normalized spacial score (nSPS) is 10.9. The minimum absolute atomic E-state index is 0. The number of benzene rings is 1. The van der Waals surface area contributed by atoms with Gasteiger partial charge in [0.15, 0.2) is 5.96 Å². The van der Waals surface area contributed by atoms with Crippen LogP contribution < -0.4 is 10.6 Å². The number of halogens is 2. The number of carbonyl (C=O) groups is 1.